The number of likely N-dealkylation sites (tertiary alicyclic amines) is 1. The molecule has 3 heterocycles. The van der Waals surface area contributed by atoms with E-state index in [4.69, 9.17) is 28.2 Å². The molecule has 0 unspecified atom stereocenters. The van der Waals surface area contributed by atoms with Crippen LogP contribution in [0.25, 0.3) is 11.2 Å². The number of amides is 1. The van der Waals surface area contributed by atoms with Gasteiger partial charge in [0.2, 0.25) is 5.91 Å². The molecule has 1 aromatic carbocycles. The SMILES string of the molecule is CC(C)(C)CC(=O)N1CCC[C@@H](c2nc3c(nnn3Cc3ccc(Cl)cc3Cl)c(=O)[nH]2)C1. The van der Waals surface area contributed by atoms with Gasteiger partial charge >= 0.3 is 0 Å². The summed E-state index contributed by atoms with van der Waals surface area (Å²) in [5, 5.41) is 9.17. The monoisotopic (exact) mass is 476 g/mol. The van der Waals surface area contributed by atoms with Gasteiger partial charge in [-0.15, -0.1) is 5.10 Å². The molecule has 0 radical (unpaired) electrons. The van der Waals surface area contributed by atoms with E-state index in [9.17, 15) is 9.59 Å². The number of aromatic nitrogens is 5. The van der Waals surface area contributed by atoms with E-state index in [0.29, 0.717) is 41.0 Å². The van der Waals surface area contributed by atoms with Crippen LogP contribution in [0.1, 0.15) is 57.3 Å². The summed E-state index contributed by atoms with van der Waals surface area (Å²) in [7, 11) is 0. The van der Waals surface area contributed by atoms with E-state index < -0.39 is 0 Å². The average molecular weight is 477 g/mol. The van der Waals surface area contributed by atoms with E-state index in [1.165, 1.54) is 0 Å². The first-order chi connectivity index (χ1) is 15.1. The lowest BCUT2D eigenvalue weighted by Crippen LogP contribution is -2.41. The maximum absolute atomic E-state index is 12.7. The predicted octanol–water partition coefficient (Wildman–Crippen LogP) is 4.01. The molecule has 170 valence electrons. The fourth-order valence-electron chi connectivity index (χ4n) is 3.99. The number of carbonyl (C=O) groups is 1. The number of nitrogens with one attached hydrogen (secondary N) is 1. The number of aromatic amines is 1. The van der Waals surface area contributed by atoms with Crippen LogP contribution in [0, 0.1) is 5.41 Å². The molecule has 0 spiro atoms. The van der Waals surface area contributed by atoms with Crippen molar-refractivity contribution in [1.82, 2.24) is 29.9 Å². The minimum absolute atomic E-state index is 0.0489. The maximum atomic E-state index is 12.7. The molecule has 1 amide bonds. The zero-order valence-corrected chi connectivity index (χ0v) is 19.9. The molecular formula is C22H26Cl2N6O2. The number of nitrogens with zero attached hydrogens (tertiary/aromatic N) is 5. The van der Waals surface area contributed by atoms with Gasteiger partial charge in [-0.05, 0) is 36.0 Å². The zero-order chi connectivity index (χ0) is 23.0. The first-order valence-electron chi connectivity index (χ1n) is 10.7. The Labute approximate surface area is 195 Å². The molecule has 1 fully saturated rings. The van der Waals surface area contributed by atoms with Crippen molar-refractivity contribution >= 4 is 40.3 Å². The summed E-state index contributed by atoms with van der Waals surface area (Å²) in [6, 6.07) is 5.22. The van der Waals surface area contributed by atoms with Crippen molar-refractivity contribution in [2.45, 2.75) is 52.5 Å². The molecule has 0 bridgehead atoms. The van der Waals surface area contributed by atoms with Gasteiger partial charge in [0.05, 0.1) is 6.54 Å². The van der Waals surface area contributed by atoms with Crippen molar-refractivity contribution in [1.29, 1.82) is 0 Å². The van der Waals surface area contributed by atoms with Crippen molar-refractivity contribution < 1.29 is 4.79 Å². The van der Waals surface area contributed by atoms with E-state index in [1.54, 1.807) is 16.8 Å². The van der Waals surface area contributed by atoms with Gasteiger partial charge < -0.3 is 9.88 Å². The van der Waals surface area contributed by atoms with Crippen molar-refractivity contribution in [2.75, 3.05) is 13.1 Å². The van der Waals surface area contributed by atoms with Gasteiger partial charge in [0.1, 0.15) is 5.82 Å². The summed E-state index contributed by atoms with van der Waals surface area (Å²) in [4.78, 5) is 34.9. The third-order valence-electron chi connectivity index (χ3n) is 5.57. The van der Waals surface area contributed by atoms with Crippen LogP contribution in [0.2, 0.25) is 10.0 Å². The number of carbonyl (C=O) groups excluding carboxylic acids is 1. The van der Waals surface area contributed by atoms with Crippen LogP contribution < -0.4 is 5.56 Å². The van der Waals surface area contributed by atoms with E-state index in [1.807, 2.05) is 11.0 Å². The van der Waals surface area contributed by atoms with E-state index >= 15 is 0 Å². The highest BCUT2D eigenvalue weighted by molar-refractivity contribution is 6.35. The molecule has 0 saturated carbocycles. The molecule has 4 rings (SSSR count). The van der Waals surface area contributed by atoms with Gasteiger partial charge in [-0.25, -0.2) is 9.67 Å². The van der Waals surface area contributed by atoms with Gasteiger partial charge in [-0.2, -0.15) is 0 Å². The number of halogens is 2. The van der Waals surface area contributed by atoms with Gasteiger partial charge in [0, 0.05) is 35.5 Å². The minimum Gasteiger partial charge on any atom is -0.342 e. The van der Waals surface area contributed by atoms with Crippen LogP contribution in [-0.4, -0.2) is 48.9 Å². The topological polar surface area (TPSA) is 96.8 Å². The van der Waals surface area contributed by atoms with Crippen LogP contribution in [0.5, 0.6) is 0 Å². The molecular weight excluding hydrogens is 451 g/mol. The second-order valence-electron chi connectivity index (χ2n) is 9.52. The van der Waals surface area contributed by atoms with Crippen LogP contribution in [0.4, 0.5) is 0 Å². The maximum Gasteiger partial charge on any atom is 0.281 e. The summed E-state index contributed by atoms with van der Waals surface area (Å²) in [5.41, 5.74) is 0.958. The van der Waals surface area contributed by atoms with E-state index in [0.717, 1.165) is 24.9 Å². The molecule has 3 aromatic rings. The summed E-state index contributed by atoms with van der Waals surface area (Å²) in [6.07, 6.45) is 2.19. The third kappa shape index (κ3) is 4.96. The number of piperidine rings is 1. The fraction of sp³-hybridized carbons (Fsp3) is 0.500. The summed E-state index contributed by atoms with van der Waals surface area (Å²) in [6.45, 7) is 7.74. The van der Waals surface area contributed by atoms with Crippen LogP contribution in [0.15, 0.2) is 23.0 Å². The number of fused-ring (bicyclic) bond motifs is 1. The number of H-pyrrole nitrogens is 1. The summed E-state index contributed by atoms with van der Waals surface area (Å²) < 4.78 is 1.56. The Morgan fingerprint density at radius 3 is 2.78 bits per heavy atom. The van der Waals surface area contributed by atoms with Crippen LogP contribution in [-0.2, 0) is 11.3 Å². The van der Waals surface area contributed by atoms with E-state index in [-0.39, 0.29) is 28.3 Å². The van der Waals surface area contributed by atoms with Gasteiger partial charge in [0.25, 0.3) is 5.56 Å². The number of hydrogen-bond acceptors (Lipinski definition) is 5. The van der Waals surface area contributed by atoms with Crippen molar-refractivity contribution in [3.63, 3.8) is 0 Å². The minimum atomic E-state index is -0.336. The Balaban J connectivity index is 1.61. The lowest BCUT2D eigenvalue weighted by atomic mass is 9.90. The second-order valence-corrected chi connectivity index (χ2v) is 10.4. The third-order valence-corrected chi connectivity index (χ3v) is 6.16. The first-order valence-corrected chi connectivity index (χ1v) is 11.4. The van der Waals surface area contributed by atoms with Crippen LogP contribution >= 0.6 is 23.2 Å². The van der Waals surface area contributed by atoms with Gasteiger partial charge in [0.15, 0.2) is 11.2 Å². The Hall–Kier alpha value is -2.45. The highest BCUT2D eigenvalue weighted by Crippen LogP contribution is 2.28. The van der Waals surface area contributed by atoms with Crippen LogP contribution in [0.3, 0.4) is 0 Å². The average Bonchev–Trinajstić information content (AvgIpc) is 3.12. The summed E-state index contributed by atoms with van der Waals surface area (Å²) in [5.74, 6) is 0.642. The molecule has 2 aromatic heterocycles. The van der Waals surface area contributed by atoms with Crippen molar-refractivity contribution in [2.24, 2.45) is 5.41 Å². The zero-order valence-electron chi connectivity index (χ0n) is 18.4. The molecule has 1 aliphatic heterocycles. The van der Waals surface area contributed by atoms with Gasteiger partial charge in [-0.1, -0.05) is 55.3 Å². The van der Waals surface area contributed by atoms with Crippen molar-refractivity contribution in [3.05, 3.63) is 50.0 Å². The number of benzene rings is 1. The molecule has 32 heavy (non-hydrogen) atoms. The van der Waals surface area contributed by atoms with Crippen molar-refractivity contribution in [3.8, 4) is 0 Å². The molecule has 0 aliphatic carbocycles. The normalized spacial score (nSPS) is 17.2. The number of rotatable bonds is 4. The highest BCUT2D eigenvalue weighted by atomic mass is 35.5. The molecule has 1 N–H and O–H groups in total. The summed E-state index contributed by atoms with van der Waals surface area (Å²) >= 11 is 12.3. The standard InChI is InChI=1S/C22H26Cl2N6O2/c1-22(2,3)10-17(31)29-8-4-5-14(11-29)19-25-20-18(21(32)26-19)27-28-30(20)12-13-6-7-15(23)9-16(13)24/h6-7,9,14H,4-5,8,10-12H2,1-3H3,(H,25,26,32)/t14-/m1/s1. The second kappa shape index (κ2) is 8.83. The lowest BCUT2D eigenvalue weighted by molar-refractivity contribution is -0.134. The largest absolute Gasteiger partial charge is 0.342 e. The number of hydrogen-bond donors (Lipinski definition) is 1. The Bertz CT molecular complexity index is 1210. The Kier molecular flexibility index (Phi) is 6.27. The Morgan fingerprint density at radius 2 is 2.06 bits per heavy atom. The predicted molar refractivity (Wildman–Crippen MR) is 124 cm³/mol. The molecule has 1 atom stereocenters. The van der Waals surface area contributed by atoms with E-state index in [2.05, 4.69) is 36.1 Å². The smallest absolute Gasteiger partial charge is 0.281 e. The first kappa shape index (κ1) is 22.7. The molecule has 1 saturated heterocycles. The fourth-order valence-corrected chi connectivity index (χ4v) is 4.45. The van der Waals surface area contributed by atoms with Gasteiger partial charge in [-0.3, -0.25) is 9.59 Å². The lowest BCUT2D eigenvalue weighted by Gasteiger charge is -2.34. The highest BCUT2D eigenvalue weighted by Gasteiger charge is 2.29. The quantitative estimate of drug-likeness (QED) is 0.613. The molecule has 1 aliphatic rings. The molecule has 10 heteroatoms. The molecule has 8 nitrogen and oxygen atoms in total. The Morgan fingerprint density at radius 1 is 1.28 bits per heavy atom.